The molecule has 0 bridgehead atoms. The monoisotopic (exact) mass is 203 g/mol. The van der Waals surface area contributed by atoms with Gasteiger partial charge in [0.05, 0.1) is 6.21 Å². The number of hydrogen-bond donors (Lipinski definition) is 2. The molecule has 0 saturated carbocycles. The fourth-order valence-corrected chi connectivity index (χ4v) is 0.937. The largest absolute Gasteiger partial charge is 0.335 e. The maximum atomic E-state index is 5.47. The normalized spacial score (nSPS) is 10.7. The van der Waals surface area contributed by atoms with Crippen molar-refractivity contribution in [2.24, 2.45) is 5.10 Å². The number of hydrazone groups is 1. The highest BCUT2D eigenvalue weighted by Gasteiger charge is 1.96. The number of nitrogens with zero attached hydrogens (tertiary/aromatic N) is 5. The Balaban J connectivity index is 2.00. The highest BCUT2D eigenvalue weighted by molar-refractivity contribution is 5.79. The molecule has 0 fully saturated rings. The van der Waals surface area contributed by atoms with Gasteiger partial charge in [-0.2, -0.15) is 5.10 Å². The summed E-state index contributed by atoms with van der Waals surface area (Å²) in [5.74, 6) is 5.84. The van der Waals surface area contributed by atoms with Gasteiger partial charge in [0, 0.05) is 12.4 Å². The smallest absolute Gasteiger partial charge is 0.263 e. The molecular weight excluding hydrogens is 194 g/mol. The number of aromatic nitrogens is 4. The number of nitrogens with one attached hydrogen (secondary N) is 1. The molecule has 2 aromatic rings. The van der Waals surface area contributed by atoms with E-state index in [0.717, 1.165) is 5.56 Å². The van der Waals surface area contributed by atoms with Crippen LogP contribution in [0.5, 0.6) is 0 Å². The predicted molar refractivity (Wildman–Crippen MR) is 55.6 cm³/mol. The zero-order valence-corrected chi connectivity index (χ0v) is 7.78. The summed E-state index contributed by atoms with van der Waals surface area (Å²) < 4.78 is 1.24. The van der Waals surface area contributed by atoms with E-state index in [1.807, 2.05) is 12.1 Å². The molecule has 15 heavy (non-hydrogen) atoms. The zero-order valence-electron chi connectivity index (χ0n) is 7.78. The Kier molecular flexibility index (Phi) is 2.54. The molecule has 0 saturated heterocycles. The molecule has 0 aliphatic heterocycles. The molecule has 7 nitrogen and oxygen atoms in total. The first-order chi connectivity index (χ1) is 7.36. The molecule has 0 radical (unpaired) electrons. The quantitative estimate of drug-likeness (QED) is 0.410. The van der Waals surface area contributed by atoms with Crippen LogP contribution in [-0.4, -0.2) is 26.1 Å². The van der Waals surface area contributed by atoms with E-state index in [9.17, 15) is 0 Å². The van der Waals surface area contributed by atoms with E-state index in [0.29, 0.717) is 5.95 Å². The van der Waals surface area contributed by atoms with Crippen molar-refractivity contribution in [2.75, 3.05) is 11.3 Å². The first kappa shape index (κ1) is 9.13. The standard InChI is InChI=1S/C8H9N7/c9-15-6-12-14-8(15)13-11-5-7-1-3-10-4-2-7/h1-6H,9H2,(H,13,14). The Morgan fingerprint density at radius 2 is 2.20 bits per heavy atom. The number of rotatable bonds is 3. The molecule has 0 aromatic carbocycles. The minimum absolute atomic E-state index is 0.375. The van der Waals surface area contributed by atoms with Gasteiger partial charge in [0.1, 0.15) is 6.33 Å². The topological polar surface area (TPSA) is 94.0 Å². The van der Waals surface area contributed by atoms with Gasteiger partial charge in [-0.05, 0) is 17.7 Å². The van der Waals surface area contributed by atoms with Gasteiger partial charge in [-0.3, -0.25) is 4.98 Å². The lowest BCUT2D eigenvalue weighted by Crippen LogP contribution is -2.10. The number of pyridine rings is 1. The van der Waals surface area contributed by atoms with Gasteiger partial charge >= 0.3 is 0 Å². The molecule has 0 aliphatic rings. The Hall–Kier alpha value is -2.44. The summed E-state index contributed by atoms with van der Waals surface area (Å²) in [4.78, 5) is 3.89. The molecule has 3 N–H and O–H groups in total. The van der Waals surface area contributed by atoms with Crippen LogP contribution >= 0.6 is 0 Å². The Labute approximate surface area is 85.6 Å². The fraction of sp³-hybridized carbons (Fsp3) is 0. The maximum absolute atomic E-state index is 5.47. The average Bonchev–Trinajstić information content (AvgIpc) is 2.66. The number of anilines is 1. The molecule has 0 unspecified atom stereocenters. The summed E-state index contributed by atoms with van der Waals surface area (Å²) in [6.07, 6.45) is 6.39. The third-order valence-electron chi connectivity index (χ3n) is 1.66. The van der Waals surface area contributed by atoms with Crippen LogP contribution in [0.3, 0.4) is 0 Å². The van der Waals surface area contributed by atoms with E-state index in [4.69, 9.17) is 5.84 Å². The van der Waals surface area contributed by atoms with Crippen LogP contribution in [0.1, 0.15) is 5.56 Å². The van der Waals surface area contributed by atoms with Crippen LogP contribution < -0.4 is 11.3 Å². The van der Waals surface area contributed by atoms with Crippen molar-refractivity contribution in [3.8, 4) is 0 Å². The average molecular weight is 203 g/mol. The lowest BCUT2D eigenvalue weighted by molar-refractivity contribution is 0.988. The van der Waals surface area contributed by atoms with Gasteiger partial charge in [-0.1, -0.05) is 0 Å². The minimum atomic E-state index is 0.375. The van der Waals surface area contributed by atoms with Crippen LogP contribution in [0.25, 0.3) is 0 Å². The van der Waals surface area contributed by atoms with Crippen molar-refractivity contribution in [3.05, 3.63) is 36.4 Å². The zero-order chi connectivity index (χ0) is 10.5. The number of nitrogen functional groups attached to an aromatic ring is 1. The first-order valence-corrected chi connectivity index (χ1v) is 4.20. The van der Waals surface area contributed by atoms with E-state index >= 15 is 0 Å². The fourth-order valence-electron chi connectivity index (χ4n) is 0.937. The molecule has 0 atom stereocenters. The molecule has 76 valence electrons. The van der Waals surface area contributed by atoms with E-state index in [-0.39, 0.29) is 0 Å². The van der Waals surface area contributed by atoms with Crippen molar-refractivity contribution in [1.29, 1.82) is 0 Å². The molecule has 0 aliphatic carbocycles. The SMILES string of the molecule is Nn1cnnc1NN=Cc1ccncc1. The molecule has 0 amide bonds. The maximum Gasteiger partial charge on any atom is 0.263 e. The second-order valence-corrected chi connectivity index (χ2v) is 2.71. The summed E-state index contributed by atoms with van der Waals surface area (Å²) >= 11 is 0. The van der Waals surface area contributed by atoms with Crippen molar-refractivity contribution in [1.82, 2.24) is 19.9 Å². The van der Waals surface area contributed by atoms with Crippen molar-refractivity contribution in [3.63, 3.8) is 0 Å². The van der Waals surface area contributed by atoms with Gasteiger partial charge < -0.3 is 5.84 Å². The van der Waals surface area contributed by atoms with Crippen molar-refractivity contribution < 1.29 is 0 Å². The lowest BCUT2D eigenvalue weighted by Gasteiger charge is -1.96. The van der Waals surface area contributed by atoms with Crippen molar-refractivity contribution in [2.45, 2.75) is 0 Å². The minimum Gasteiger partial charge on any atom is -0.335 e. The van der Waals surface area contributed by atoms with E-state index in [2.05, 4.69) is 25.7 Å². The first-order valence-electron chi connectivity index (χ1n) is 4.20. The van der Waals surface area contributed by atoms with E-state index in [1.54, 1.807) is 18.6 Å². The van der Waals surface area contributed by atoms with Gasteiger partial charge in [0.15, 0.2) is 0 Å². The third kappa shape index (κ3) is 2.27. The Bertz CT molecular complexity index is 447. The third-order valence-corrected chi connectivity index (χ3v) is 1.66. The van der Waals surface area contributed by atoms with Gasteiger partial charge in [0.2, 0.25) is 0 Å². The van der Waals surface area contributed by atoms with Gasteiger partial charge in [0.25, 0.3) is 5.95 Å². The van der Waals surface area contributed by atoms with Crippen LogP contribution in [0.2, 0.25) is 0 Å². The summed E-state index contributed by atoms with van der Waals surface area (Å²) in [5.41, 5.74) is 3.59. The van der Waals surface area contributed by atoms with E-state index < -0.39 is 0 Å². The van der Waals surface area contributed by atoms with Gasteiger partial charge in [-0.25, -0.2) is 10.1 Å². The Morgan fingerprint density at radius 1 is 1.40 bits per heavy atom. The molecule has 7 heteroatoms. The highest BCUT2D eigenvalue weighted by Crippen LogP contribution is 1.96. The summed E-state index contributed by atoms with van der Waals surface area (Å²) in [6.45, 7) is 0. The molecule has 2 rings (SSSR count). The Morgan fingerprint density at radius 3 is 2.87 bits per heavy atom. The molecule has 2 aromatic heterocycles. The van der Waals surface area contributed by atoms with Crippen LogP contribution in [0.15, 0.2) is 36.0 Å². The molecule has 0 spiro atoms. The summed E-state index contributed by atoms with van der Waals surface area (Å²) in [7, 11) is 0. The summed E-state index contributed by atoms with van der Waals surface area (Å²) in [5, 5.41) is 11.2. The lowest BCUT2D eigenvalue weighted by atomic mass is 10.3. The second kappa shape index (κ2) is 4.18. The van der Waals surface area contributed by atoms with Gasteiger partial charge in [-0.15, -0.1) is 10.2 Å². The summed E-state index contributed by atoms with van der Waals surface area (Å²) in [6, 6.07) is 3.66. The number of nitrogens with two attached hydrogens (primary N) is 1. The predicted octanol–water partition coefficient (Wildman–Crippen LogP) is -0.167. The van der Waals surface area contributed by atoms with Crippen LogP contribution in [-0.2, 0) is 0 Å². The van der Waals surface area contributed by atoms with Crippen LogP contribution in [0, 0.1) is 0 Å². The van der Waals surface area contributed by atoms with E-state index in [1.165, 1.54) is 11.0 Å². The second-order valence-electron chi connectivity index (χ2n) is 2.71. The molecular formula is C8H9N7. The van der Waals surface area contributed by atoms with Crippen LogP contribution in [0.4, 0.5) is 5.95 Å². The highest BCUT2D eigenvalue weighted by atomic mass is 15.5. The molecule has 2 heterocycles. The number of hydrogen-bond acceptors (Lipinski definition) is 6. The van der Waals surface area contributed by atoms with Crippen molar-refractivity contribution >= 4 is 12.2 Å².